The van der Waals surface area contributed by atoms with Crippen LogP contribution in [0.3, 0.4) is 0 Å². The largest absolute Gasteiger partial charge is 0.454 e. The van der Waals surface area contributed by atoms with Crippen LogP contribution >= 0.6 is 0 Å². The lowest BCUT2D eigenvalue weighted by Crippen LogP contribution is -2.40. The average Bonchev–Trinajstić information content (AvgIpc) is 2.77. The van der Waals surface area contributed by atoms with Crippen molar-refractivity contribution >= 4 is 23.6 Å². The van der Waals surface area contributed by atoms with Gasteiger partial charge in [-0.2, -0.15) is 0 Å². The van der Waals surface area contributed by atoms with Crippen LogP contribution in [-0.4, -0.2) is 52.1 Å². The van der Waals surface area contributed by atoms with Crippen LogP contribution < -0.4 is 5.32 Å². The number of piperidine rings is 1. The molecule has 5 atom stereocenters. The third-order valence-electron chi connectivity index (χ3n) is 6.43. The van der Waals surface area contributed by atoms with Crippen molar-refractivity contribution in [3.63, 3.8) is 0 Å². The van der Waals surface area contributed by atoms with Gasteiger partial charge >= 0.3 is 5.97 Å². The van der Waals surface area contributed by atoms with Crippen LogP contribution in [0.15, 0.2) is 36.0 Å². The zero-order valence-electron chi connectivity index (χ0n) is 20.2. The van der Waals surface area contributed by atoms with Gasteiger partial charge in [0.1, 0.15) is 11.9 Å². The van der Waals surface area contributed by atoms with Crippen molar-refractivity contribution in [3.8, 4) is 0 Å². The number of esters is 1. The van der Waals surface area contributed by atoms with Gasteiger partial charge in [0.25, 0.3) is 0 Å². The van der Waals surface area contributed by atoms with Crippen molar-refractivity contribution in [2.24, 2.45) is 17.8 Å². The second-order valence-electron chi connectivity index (χ2n) is 9.41. The van der Waals surface area contributed by atoms with Gasteiger partial charge in [0.15, 0.2) is 0 Å². The second-order valence-corrected chi connectivity index (χ2v) is 9.41. The number of nitrogens with one attached hydrogen (secondary N) is 1. The van der Waals surface area contributed by atoms with E-state index < -0.39 is 36.1 Å². The first-order valence-electron chi connectivity index (χ1n) is 12.0. The maximum absolute atomic E-state index is 12.7. The number of carbonyl (C=O) groups is 4. The van der Waals surface area contributed by atoms with Crippen molar-refractivity contribution < 1.29 is 34.1 Å². The van der Waals surface area contributed by atoms with Crippen LogP contribution in [0.1, 0.15) is 65.7 Å². The molecule has 1 saturated heterocycles. The second kappa shape index (κ2) is 13.3. The Morgan fingerprint density at radius 1 is 1.18 bits per heavy atom. The summed E-state index contributed by atoms with van der Waals surface area (Å²) < 4.78 is 5.61. The molecule has 2 aliphatic heterocycles. The zero-order valence-corrected chi connectivity index (χ0v) is 20.2. The maximum atomic E-state index is 12.7. The third-order valence-corrected chi connectivity index (χ3v) is 6.43. The highest BCUT2D eigenvalue weighted by Gasteiger charge is 2.32. The van der Waals surface area contributed by atoms with Gasteiger partial charge in [-0.3, -0.25) is 19.7 Å². The average molecular weight is 476 g/mol. The number of Topliss-reactive ketones (excluding diaryl/α,β-unsaturated/α-hetero) is 1. The Morgan fingerprint density at radius 2 is 1.82 bits per heavy atom. The van der Waals surface area contributed by atoms with Crippen LogP contribution in [0.4, 0.5) is 0 Å². The van der Waals surface area contributed by atoms with Gasteiger partial charge in [-0.25, -0.2) is 4.79 Å². The molecule has 3 N–H and O–H groups in total. The van der Waals surface area contributed by atoms with Crippen molar-refractivity contribution in [3.05, 3.63) is 36.0 Å². The molecule has 0 radical (unpaired) electrons. The Hall–Kier alpha value is -2.58. The van der Waals surface area contributed by atoms with Crippen molar-refractivity contribution in [1.29, 1.82) is 0 Å². The number of carbonyl (C=O) groups excluding carboxylic acids is 4. The summed E-state index contributed by atoms with van der Waals surface area (Å²) in [5.74, 6) is -2.16. The molecule has 0 aliphatic carbocycles. The summed E-state index contributed by atoms with van der Waals surface area (Å²) in [7, 11) is 0. The number of allylic oxidation sites excluding steroid dienone is 3. The number of hydrogen-bond donors (Lipinski definition) is 3. The number of aliphatic hydroxyl groups is 2. The predicted molar refractivity (Wildman–Crippen MR) is 126 cm³/mol. The first-order valence-corrected chi connectivity index (χ1v) is 12.0. The summed E-state index contributed by atoms with van der Waals surface area (Å²) in [6.07, 6.45) is 8.42. The molecule has 34 heavy (non-hydrogen) atoms. The number of aliphatic hydroxyl groups excluding tert-OH is 2. The Balaban J connectivity index is 2.02. The molecule has 0 aromatic rings. The molecule has 2 rings (SSSR count). The summed E-state index contributed by atoms with van der Waals surface area (Å²) in [4.78, 5) is 48.0. The highest BCUT2D eigenvalue weighted by molar-refractivity contribution is 5.97. The lowest BCUT2D eigenvalue weighted by molar-refractivity contribution is -0.146. The fourth-order valence-corrected chi connectivity index (χ4v) is 4.42. The first kappa shape index (κ1) is 27.7. The van der Waals surface area contributed by atoms with Gasteiger partial charge in [-0.1, -0.05) is 38.2 Å². The van der Waals surface area contributed by atoms with E-state index in [9.17, 15) is 29.4 Å². The van der Waals surface area contributed by atoms with Crippen molar-refractivity contribution in [2.75, 3.05) is 0 Å². The molecule has 1 fully saturated rings. The Morgan fingerprint density at radius 3 is 2.50 bits per heavy atom. The number of hydrogen-bond acceptors (Lipinski definition) is 7. The van der Waals surface area contributed by atoms with Crippen LogP contribution in [0.5, 0.6) is 0 Å². The molecule has 2 heterocycles. The molecular formula is C26H37NO7. The summed E-state index contributed by atoms with van der Waals surface area (Å²) >= 11 is 0. The molecule has 0 saturated carbocycles. The third kappa shape index (κ3) is 8.65. The van der Waals surface area contributed by atoms with Crippen LogP contribution in [0, 0.1) is 17.8 Å². The molecule has 0 aromatic heterocycles. The number of cyclic esters (lactones) is 1. The van der Waals surface area contributed by atoms with Crippen LogP contribution in [0.25, 0.3) is 0 Å². The fourth-order valence-electron chi connectivity index (χ4n) is 4.42. The topological polar surface area (TPSA) is 130 Å². The standard InChI is InChI=1S/C26H37NO7/c1-16(20(28)11-8-9-19-14-22(30)27-23(31)15-19)13-17(2)26-18(3)25(33)21(29)10-6-4-5-7-12-24(32)34-26/h6-7,10,12-13,16,18-19,21,25-26,29,33H,4-5,8-9,11,14-15H2,1-3H3,(H,27,30,31)/b10-6?,12-7?,17-13+/t16-,18-,21-,25-,26-/m0/s1. The lowest BCUT2D eigenvalue weighted by Gasteiger charge is -2.30. The van der Waals surface area contributed by atoms with Crippen molar-refractivity contribution in [2.45, 2.75) is 84.0 Å². The van der Waals surface area contributed by atoms with E-state index in [2.05, 4.69) is 5.32 Å². The van der Waals surface area contributed by atoms with E-state index in [1.54, 1.807) is 45.1 Å². The summed E-state index contributed by atoms with van der Waals surface area (Å²) in [5, 5.41) is 23.2. The van der Waals surface area contributed by atoms with Gasteiger partial charge < -0.3 is 14.9 Å². The number of ether oxygens (including phenoxy) is 1. The highest BCUT2D eigenvalue weighted by atomic mass is 16.5. The number of amides is 2. The Bertz CT molecular complexity index is 828. The lowest BCUT2D eigenvalue weighted by atomic mass is 9.87. The molecular weight excluding hydrogens is 438 g/mol. The molecule has 2 aliphatic rings. The minimum Gasteiger partial charge on any atom is -0.454 e. The van der Waals surface area contributed by atoms with Gasteiger partial charge in [-0.05, 0) is 44.1 Å². The molecule has 2 amide bonds. The predicted octanol–water partition coefficient (Wildman–Crippen LogP) is 2.54. The van der Waals surface area contributed by atoms with E-state index in [-0.39, 0.29) is 23.5 Å². The van der Waals surface area contributed by atoms with Gasteiger partial charge in [-0.15, -0.1) is 0 Å². The van der Waals surface area contributed by atoms with E-state index in [1.807, 2.05) is 0 Å². The van der Waals surface area contributed by atoms with Crippen LogP contribution in [-0.2, 0) is 23.9 Å². The molecule has 8 heteroatoms. The minimum atomic E-state index is -1.15. The molecule has 0 spiro atoms. The van der Waals surface area contributed by atoms with Crippen LogP contribution in [0.2, 0.25) is 0 Å². The Labute approximate surface area is 201 Å². The number of ketones is 1. The fraction of sp³-hybridized carbons (Fsp3) is 0.615. The molecule has 0 bridgehead atoms. The monoisotopic (exact) mass is 475 g/mol. The Kier molecular flexibility index (Phi) is 10.9. The number of imide groups is 1. The first-order chi connectivity index (χ1) is 16.1. The highest BCUT2D eigenvalue weighted by Crippen LogP contribution is 2.25. The van der Waals surface area contributed by atoms with E-state index in [0.29, 0.717) is 50.5 Å². The van der Waals surface area contributed by atoms with E-state index in [0.717, 1.165) is 0 Å². The molecule has 188 valence electrons. The molecule has 8 nitrogen and oxygen atoms in total. The summed E-state index contributed by atoms with van der Waals surface area (Å²) in [6, 6.07) is 0. The quantitative estimate of drug-likeness (QED) is 0.293. The normalized spacial score (nSPS) is 28.5. The minimum absolute atomic E-state index is 0.00137. The van der Waals surface area contributed by atoms with E-state index in [1.165, 1.54) is 6.08 Å². The number of rotatable bonds is 7. The smallest absolute Gasteiger partial charge is 0.331 e. The van der Waals surface area contributed by atoms with E-state index in [4.69, 9.17) is 4.74 Å². The summed E-state index contributed by atoms with van der Waals surface area (Å²) in [5.41, 5.74) is 0.622. The van der Waals surface area contributed by atoms with Crippen molar-refractivity contribution in [1.82, 2.24) is 5.32 Å². The summed E-state index contributed by atoms with van der Waals surface area (Å²) in [6.45, 7) is 5.20. The van der Waals surface area contributed by atoms with Gasteiger partial charge in [0.05, 0.1) is 12.2 Å². The van der Waals surface area contributed by atoms with Gasteiger partial charge in [0, 0.05) is 37.2 Å². The molecule has 0 aromatic carbocycles. The SMILES string of the molecule is C/C(=C\[C@H](C)C(=O)CCCC1CC(=O)NC(=O)C1)[C@@H]1OC(=O)C=CCCC=C[C@H](O)[C@@H](O)[C@@H]1C. The molecule has 0 unspecified atom stereocenters. The maximum Gasteiger partial charge on any atom is 0.331 e. The van der Waals surface area contributed by atoms with E-state index >= 15 is 0 Å². The zero-order chi connectivity index (χ0) is 25.3. The van der Waals surface area contributed by atoms with Gasteiger partial charge in [0.2, 0.25) is 11.8 Å².